The van der Waals surface area contributed by atoms with Gasteiger partial charge in [0.2, 0.25) is 5.91 Å². The number of aryl methyl sites for hydroxylation is 1. The molecule has 0 saturated heterocycles. The molecule has 1 rings (SSSR count). The number of carbonyl (C=O) groups is 1. The molecule has 16 heavy (non-hydrogen) atoms. The molecule has 1 amide bonds. The quantitative estimate of drug-likeness (QED) is 0.466. The number of hydrogen-bond donors (Lipinski definition) is 1. The third-order valence-corrected chi connectivity index (χ3v) is 3.20. The largest absolute Gasteiger partial charge is 0.352 e. The summed E-state index contributed by atoms with van der Waals surface area (Å²) in [5, 5.41) is 2.75. The van der Waals surface area contributed by atoms with Gasteiger partial charge in [-0.1, -0.05) is 25.6 Å². The van der Waals surface area contributed by atoms with Crippen molar-refractivity contribution in [2.45, 2.75) is 18.2 Å². The van der Waals surface area contributed by atoms with Crippen LogP contribution in [0.5, 0.6) is 0 Å². The molecule has 0 radical (unpaired) electrons. The van der Waals surface area contributed by atoms with Gasteiger partial charge in [-0.15, -0.1) is 11.8 Å². The fraction of sp³-hybridized carbons (Fsp3) is 0.308. The molecule has 0 aliphatic heterocycles. The molecule has 1 N–H and O–H groups in total. The first kappa shape index (κ1) is 12.8. The number of benzene rings is 1. The van der Waals surface area contributed by atoms with Crippen LogP contribution in [0.1, 0.15) is 12.5 Å². The van der Waals surface area contributed by atoms with Crippen LogP contribution in [0.4, 0.5) is 0 Å². The zero-order valence-corrected chi connectivity index (χ0v) is 10.3. The average molecular weight is 235 g/mol. The van der Waals surface area contributed by atoms with Gasteiger partial charge in [0.15, 0.2) is 0 Å². The molecule has 0 aliphatic carbocycles. The van der Waals surface area contributed by atoms with Crippen LogP contribution in [0.3, 0.4) is 0 Å². The van der Waals surface area contributed by atoms with Gasteiger partial charge in [-0.25, -0.2) is 0 Å². The highest BCUT2D eigenvalue weighted by molar-refractivity contribution is 7.99. The number of rotatable bonds is 6. The van der Waals surface area contributed by atoms with E-state index >= 15 is 0 Å². The molecule has 0 spiro atoms. The number of nitrogens with one attached hydrogen (secondary N) is 1. The Morgan fingerprint density at radius 3 is 2.69 bits per heavy atom. The van der Waals surface area contributed by atoms with Gasteiger partial charge in [0.1, 0.15) is 0 Å². The number of amides is 1. The minimum Gasteiger partial charge on any atom is -0.352 e. The fourth-order valence-corrected chi connectivity index (χ4v) is 2.01. The summed E-state index contributed by atoms with van der Waals surface area (Å²) >= 11 is 1.74. The van der Waals surface area contributed by atoms with E-state index in [-0.39, 0.29) is 5.91 Å². The molecule has 86 valence electrons. The summed E-state index contributed by atoms with van der Waals surface area (Å²) in [7, 11) is 0. The van der Waals surface area contributed by atoms with E-state index in [1.807, 2.05) is 0 Å². The third kappa shape index (κ3) is 4.53. The molecule has 0 atom stereocenters. The van der Waals surface area contributed by atoms with Crippen LogP contribution in [0.15, 0.2) is 41.8 Å². The van der Waals surface area contributed by atoms with Gasteiger partial charge in [-0.05, 0) is 30.2 Å². The van der Waals surface area contributed by atoms with Gasteiger partial charge < -0.3 is 5.32 Å². The molecule has 0 aliphatic rings. The summed E-state index contributed by atoms with van der Waals surface area (Å²) in [4.78, 5) is 12.1. The summed E-state index contributed by atoms with van der Waals surface area (Å²) < 4.78 is 0. The monoisotopic (exact) mass is 235 g/mol. The van der Waals surface area contributed by atoms with E-state index in [2.05, 4.69) is 43.1 Å². The molecule has 0 heterocycles. The van der Waals surface area contributed by atoms with Crippen molar-refractivity contribution in [1.82, 2.24) is 5.32 Å². The van der Waals surface area contributed by atoms with Crippen molar-refractivity contribution in [1.29, 1.82) is 0 Å². The first-order valence-corrected chi connectivity index (χ1v) is 6.37. The first-order chi connectivity index (χ1) is 7.76. The van der Waals surface area contributed by atoms with Crippen LogP contribution in [0.2, 0.25) is 0 Å². The molecule has 1 aromatic carbocycles. The van der Waals surface area contributed by atoms with Crippen molar-refractivity contribution >= 4 is 17.7 Å². The van der Waals surface area contributed by atoms with E-state index in [0.29, 0.717) is 6.54 Å². The Kier molecular flexibility index (Phi) is 5.72. The SMILES string of the molecule is C=CC(=O)NCCSc1ccc(CC)cc1. The second kappa shape index (κ2) is 7.12. The highest BCUT2D eigenvalue weighted by atomic mass is 32.2. The second-order valence-electron chi connectivity index (χ2n) is 3.34. The summed E-state index contributed by atoms with van der Waals surface area (Å²) in [6.45, 7) is 6.22. The lowest BCUT2D eigenvalue weighted by molar-refractivity contribution is -0.116. The number of thioether (sulfide) groups is 1. The normalized spacial score (nSPS) is 9.81. The predicted octanol–water partition coefficient (Wildman–Crippen LogP) is 2.64. The van der Waals surface area contributed by atoms with Crippen LogP contribution in [-0.4, -0.2) is 18.2 Å². The maximum Gasteiger partial charge on any atom is 0.243 e. The van der Waals surface area contributed by atoms with Crippen LogP contribution in [0.25, 0.3) is 0 Å². The molecular formula is C13H17NOS. The highest BCUT2D eigenvalue weighted by Gasteiger charge is 1.96. The zero-order valence-electron chi connectivity index (χ0n) is 9.53. The van der Waals surface area contributed by atoms with Gasteiger partial charge in [0.25, 0.3) is 0 Å². The summed E-state index contributed by atoms with van der Waals surface area (Å²) in [6.07, 6.45) is 2.36. The van der Waals surface area contributed by atoms with E-state index in [4.69, 9.17) is 0 Å². The Hall–Kier alpha value is -1.22. The molecule has 0 fully saturated rings. The molecule has 0 saturated carbocycles. The van der Waals surface area contributed by atoms with Crippen molar-refractivity contribution in [3.8, 4) is 0 Å². The average Bonchev–Trinajstić information content (AvgIpc) is 2.35. The minimum atomic E-state index is -0.109. The molecule has 3 heteroatoms. The smallest absolute Gasteiger partial charge is 0.243 e. The summed E-state index contributed by atoms with van der Waals surface area (Å²) in [5.74, 6) is 0.771. The second-order valence-corrected chi connectivity index (χ2v) is 4.51. The minimum absolute atomic E-state index is 0.109. The number of carbonyl (C=O) groups excluding carboxylic acids is 1. The summed E-state index contributed by atoms with van der Waals surface area (Å²) in [6, 6.07) is 8.53. The van der Waals surface area contributed by atoms with Crippen molar-refractivity contribution < 1.29 is 4.79 Å². The van der Waals surface area contributed by atoms with E-state index in [0.717, 1.165) is 12.2 Å². The van der Waals surface area contributed by atoms with Crippen LogP contribution >= 0.6 is 11.8 Å². The highest BCUT2D eigenvalue weighted by Crippen LogP contribution is 2.17. The Morgan fingerprint density at radius 1 is 1.44 bits per heavy atom. The first-order valence-electron chi connectivity index (χ1n) is 5.38. The lowest BCUT2D eigenvalue weighted by atomic mass is 10.2. The molecule has 1 aromatic rings. The van der Waals surface area contributed by atoms with Crippen LogP contribution < -0.4 is 5.32 Å². The lowest BCUT2D eigenvalue weighted by Crippen LogP contribution is -2.23. The molecular weight excluding hydrogens is 218 g/mol. The fourth-order valence-electron chi connectivity index (χ4n) is 1.24. The van der Waals surface area contributed by atoms with E-state index in [1.54, 1.807) is 11.8 Å². The Morgan fingerprint density at radius 2 is 2.12 bits per heavy atom. The molecule has 0 aromatic heterocycles. The standard InChI is InChI=1S/C13H17NOS/c1-3-11-5-7-12(8-6-11)16-10-9-14-13(15)4-2/h4-8H,2-3,9-10H2,1H3,(H,14,15). The lowest BCUT2D eigenvalue weighted by Gasteiger charge is -2.03. The molecule has 0 unspecified atom stereocenters. The maximum absolute atomic E-state index is 10.9. The maximum atomic E-state index is 10.9. The van der Waals surface area contributed by atoms with Gasteiger partial charge in [0, 0.05) is 17.2 Å². The van der Waals surface area contributed by atoms with E-state index in [9.17, 15) is 4.79 Å². The Labute approximate surface area is 101 Å². The van der Waals surface area contributed by atoms with Gasteiger partial charge in [0.05, 0.1) is 0 Å². The third-order valence-electron chi connectivity index (χ3n) is 2.19. The molecule has 2 nitrogen and oxygen atoms in total. The van der Waals surface area contributed by atoms with Crippen molar-refractivity contribution in [3.63, 3.8) is 0 Å². The van der Waals surface area contributed by atoms with E-state index in [1.165, 1.54) is 16.5 Å². The topological polar surface area (TPSA) is 29.1 Å². The van der Waals surface area contributed by atoms with Crippen molar-refractivity contribution in [3.05, 3.63) is 42.5 Å². The Bertz CT molecular complexity index is 345. The van der Waals surface area contributed by atoms with Gasteiger partial charge >= 0.3 is 0 Å². The number of hydrogen-bond acceptors (Lipinski definition) is 2. The zero-order chi connectivity index (χ0) is 11.8. The van der Waals surface area contributed by atoms with Crippen molar-refractivity contribution in [2.24, 2.45) is 0 Å². The Balaban J connectivity index is 2.26. The van der Waals surface area contributed by atoms with Gasteiger partial charge in [-0.3, -0.25) is 4.79 Å². The predicted molar refractivity (Wildman–Crippen MR) is 69.8 cm³/mol. The van der Waals surface area contributed by atoms with Crippen molar-refractivity contribution in [2.75, 3.05) is 12.3 Å². The summed E-state index contributed by atoms with van der Waals surface area (Å²) in [5.41, 5.74) is 1.35. The van der Waals surface area contributed by atoms with E-state index < -0.39 is 0 Å². The van der Waals surface area contributed by atoms with Gasteiger partial charge in [-0.2, -0.15) is 0 Å². The van der Waals surface area contributed by atoms with Crippen LogP contribution in [-0.2, 0) is 11.2 Å². The van der Waals surface area contributed by atoms with Crippen LogP contribution in [0, 0.1) is 0 Å². The molecule has 0 bridgehead atoms.